The van der Waals surface area contributed by atoms with Gasteiger partial charge in [-0.1, -0.05) is 54.6 Å². The van der Waals surface area contributed by atoms with E-state index < -0.39 is 5.97 Å². The van der Waals surface area contributed by atoms with Gasteiger partial charge in [0.05, 0.1) is 6.42 Å². The van der Waals surface area contributed by atoms with E-state index in [1.54, 1.807) is 12.3 Å². The third kappa shape index (κ3) is 5.25. The second-order valence-electron chi connectivity index (χ2n) is 6.93. The summed E-state index contributed by atoms with van der Waals surface area (Å²) in [6.45, 7) is 0.422. The van der Waals surface area contributed by atoms with Crippen molar-refractivity contribution < 1.29 is 14.6 Å². The topological polar surface area (TPSA) is 84.3 Å². The number of carbonyl (C=O) groups is 1. The largest absolute Gasteiger partial charge is 0.488 e. The molecule has 0 aliphatic rings. The molecule has 0 atom stereocenters. The second-order valence-corrected chi connectivity index (χ2v) is 6.93. The highest BCUT2D eigenvalue weighted by Crippen LogP contribution is 2.35. The van der Waals surface area contributed by atoms with Crippen molar-refractivity contribution >= 4 is 17.5 Å². The fourth-order valence-corrected chi connectivity index (χ4v) is 3.28. The molecule has 0 radical (unpaired) electrons. The summed E-state index contributed by atoms with van der Waals surface area (Å²) in [5, 5.41) is 12.6. The van der Waals surface area contributed by atoms with Gasteiger partial charge in [0.2, 0.25) is 0 Å². The molecule has 0 bridgehead atoms. The van der Waals surface area contributed by atoms with Crippen LogP contribution in [0.1, 0.15) is 11.1 Å². The van der Waals surface area contributed by atoms with Crippen LogP contribution in [-0.4, -0.2) is 21.0 Å². The first kappa shape index (κ1) is 20.1. The fraction of sp³-hybridized carbons (Fsp3) is 0.0800. The molecule has 0 spiro atoms. The number of nitrogens with one attached hydrogen (secondary N) is 1. The van der Waals surface area contributed by atoms with Crippen LogP contribution in [0.5, 0.6) is 5.75 Å². The van der Waals surface area contributed by atoms with Crippen LogP contribution in [0, 0.1) is 0 Å². The van der Waals surface area contributed by atoms with Crippen LogP contribution in [0.4, 0.5) is 11.5 Å². The Balaban J connectivity index is 1.69. The summed E-state index contributed by atoms with van der Waals surface area (Å²) < 4.78 is 6.11. The monoisotopic (exact) mass is 411 g/mol. The lowest BCUT2D eigenvalue weighted by Gasteiger charge is -2.16. The Hall–Kier alpha value is -4.19. The van der Waals surface area contributed by atoms with Gasteiger partial charge in [-0.2, -0.15) is 0 Å². The number of aromatic nitrogens is 2. The van der Waals surface area contributed by atoms with E-state index in [0.717, 1.165) is 22.4 Å². The fourth-order valence-electron chi connectivity index (χ4n) is 3.28. The highest BCUT2D eigenvalue weighted by molar-refractivity contribution is 5.81. The SMILES string of the molecule is O=C(O)Cc1ccc(Nc2ccncn2)cc1-c1ccccc1OCc1ccccc1. The molecule has 0 saturated carbocycles. The number of benzene rings is 3. The molecule has 0 aliphatic carbocycles. The number of para-hydroxylation sites is 1. The maximum atomic E-state index is 11.5. The summed E-state index contributed by atoms with van der Waals surface area (Å²) in [6.07, 6.45) is 3.03. The third-order valence-electron chi connectivity index (χ3n) is 4.72. The first-order chi connectivity index (χ1) is 15.2. The van der Waals surface area contributed by atoms with Gasteiger partial charge in [-0.15, -0.1) is 0 Å². The first-order valence-electron chi connectivity index (χ1n) is 9.83. The van der Waals surface area contributed by atoms with Crippen molar-refractivity contribution in [3.05, 3.63) is 103 Å². The van der Waals surface area contributed by atoms with Gasteiger partial charge >= 0.3 is 5.97 Å². The average molecular weight is 411 g/mol. The van der Waals surface area contributed by atoms with Gasteiger partial charge in [0, 0.05) is 17.4 Å². The number of carboxylic acid groups (broad SMARTS) is 1. The number of rotatable bonds is 8. The van der Waals surface area contributed by atoms with Crippen LogP contribution < -0.4 is 10.1 Å². The number of ether oxygens (including phenoxy) is 1. The van der Waals surface area contributed by atoms with Crippen molar-refractivity contribution in [3.63, 3.8) is 0 Å². The molecule has 3 aromatic carbocycles. The average Bonchev–Trinajstić information content (AvgIpc) is 2.80. The molecule has 4 rings (SSSR count). The number of nitrogens with zero attached hydrogens (tertiary/aromatic N) is 2. The number of hydrogen-bond donors (Lipinski definition) is 2. The lowest BCUT2D eigenvalue weighted by atomic mass is 9.96. The van der Waals surface area contributed by atoms with Crippen LogP contribution in [0.3, 0.4) is 0 Å². The molecular weight excluding hydrogens is 390 g/mol. The van der Waals surface area contributed by atoms with E-state index in [9.17, 15) is 9.90 Å². The Bertz CT molecular complexity index is 1170. The van der Waals surface area contributed by atoms with E-state index in [4.69, 9.17) is 4.74 Å². The van der Waals surface area contributed by atoms with Crippen LogP contribution in [-0.2, 0) is 17.8 Å². The van der Waals surface area contributed by atoms with Crippen molar-refractivity contribution in [2.24, 2.45) is 0 Å². The van der Waals surface area contributed by atoms with Crippen LogP contribution >= 0.6 is 0 Å². The lowest BCUT2D eigenvalue weighted by Crippen LogP contribution is -2.04. The normalized spacial score (nSPS) is 10.5. The summed E-state index contributed by atoms with van der Waals surface area (Å²) in [6, 6.07) is 24.9. The van der Waals surface area contributed by atoms with E-state index in [1.807, 2.05) is 72.8 Å². The highest BCUT2D eigenvalue weighted by Gasteiger charge is 2.14. The number of carboxylic acids is 1. The van der Waals surface area contributed by atoms with Gasteiger partial charge in [-0.25, -0.2) is 9.97 Å². The van der Waals surface area contributed by atoms with Crippen molar-refractivity contribution in [3.8, 4) is 16.9 Å². The zero-order valence-electron chi connectivity index (χ0n) is 16.7. The molecule has 0 amide bonds. The smallest absolute Gasteiger partial charge is 0.307 e. The Morgan fingerprint density at radius 2 is 1.74 bits per heavy atom. The highest BCUT2D eigenvalue weighted by atomic mass is 16.5. The molecule has 6 nitrogen and oxygen atoms in total. The molecule has 31 heavy (non-hydrogen) atoms. The van der Waals surface area contributed by atoms with E-state index in [0.29, 0.717) is 23.7 Å². The minimum atomic E-state index is -0.888. The zero-order chi connectivity index (χ0) is 21.5. The molecule has 0 saturated heterocycles. The van der Waals surface area contributed by atoms with Gasteiger partial charge in [0.1, 0.15) is 24.5 Å². The summed E-state index contributed by atoms with van der Waals surface area (Å²) >= 11 is 0. The summed E-state index contributed by atoms with van der Waals surface area (Å²) in [5.74, 6) is 0.457. The Morgan fingerprint density at radius 1 is 0.935 bits per heavy atom. The van der Waals surface area contributed by atoms with Crippen LogP contribution in [0.2, 0.25) is 0 Å². The van der Waals surface area contributed by atoms with Crippen molar-refractivity contribution in [2.45, 2.75) is 13.0 Å². The molecular formula is C25H21N3O3. The van der Waals surface area contributed by atoms with Crippen molar-refractivity contribution in [2.75, 3.05) is 5.32 Å². The maximum absolute atomic E-state index is 11.5. The van der Waals surface area contributed by atoms with E-state index >= 15 is 0 Å². The van der Waals surface area contributed by atoms with Gasteiger partial charge in [0.25, 0.3) is 0 Å². The van der Waals surface area contributed by atoms with E-state index in [-0.39, 0.29) is 6.42 Å². The Labute approximate surface area is 180 Å². The second kappa shape index (κ2) is 9.54. The predicted molar refractivity (Wildman–Crippen MR) is 119 cm³/mol. The van der Waals surface area contributed by atoms with E-state index in [2.05, 4.69) is 15.3 Å². The minimum absolute atomic E-state index is 0.0872. The van der Waals surface area contributed by atoms with Crippen molar-refractivity contribution in [1.82, 2.24) is 9.97 Å². The molecule has 0 unspecified atom stereocenters. The van der Waals surface area contributed by atoms with Gasteiger partial charge in [-0.05, 0) is 41.0 Å². The Morgan fingerprint density at radius 3 is 2.52 bits per heavy atom. The summed E-state index contributed by atoms with van der Waals surface area (Å²) in [7, 11) is 0. The Kier molecular flexibility index (Phi) is 6.18. The number of anilines is 2. The quantitative estimate of drug-likeness (QED) is 0.420. The molecule has 0 fully saturated rings. The molecule has 2 N–H and O–H groups in total. The third-order valence-corrected chi connectivity index (χ3v) is 4.72. The van der Waals surface area contributed by atoms with E-state index in [1.165, 1.54) is 6.33 Å². The van der Waals surface area contributed by atoms with Gasteiger partial charge in [0.15, 0.2) is 0 Å². The first-order valence-corrected chi connectivity index (χ1v) is 9.83. The molecule has 154 valence electrons. The predicted octanol–water partition coefficient (Wildman–Crippen LogP) is 5.09. The van der Waals surface area contributed by atoms with Crippen LogP contribution in [0.15, 0.2) is 91.4 Å². The summed E-state index contributed by atoms with van der Waals surface area (Å²) in [4.78, 5) is 19.6. The van der Waals surface area contributed by atoms with Gasteiger partial charge in [-0.3, -0.25) is 4.79 Å². The maximum Gasteiger partial charge on any atom is 0.307 e. The molecule has 1 heterocycles. The molecule has 6 heteroatoms. The van der Waals surface area contributed by atoms with Crippen LogP contribution in [0.25, 0.3) is 11.1 Å². The molecule has 0 aliphatic heterocycles. The molecule has 4 aromatic rings. The number of hydrogen-bond acceptors (Lipinski definition) is 5. The van der Waals surface area contributed by atoms with Crippen molar-refractivity contribution in [1.29, 1.82) is 0 Å². The molecule has 1 aromatic heterocycles. The number of aliphatic carboxylic acids is 1. The zero-order valence-corrected chi connectivity index (χ0v) is 16.7. The van der Waals surface area contributed by atoms with Gasteiger partial charge < -0.3 is 15.2 Å². The summed E-state index contributed by atoms with van der Waals surface area (Å²) in [5.41, 5.74) is 4.19. The minimum Gasteiger partial charge on any atom is -0.488 e. The standard InChI is InChI=1S/C25H21N3O3/c29-25(30)14-19-10-11-20(28-24-12-13-26-17-27-24)15-22(19)21-8-4-5-9-23(21)31-16-18-6-2-1-3-7-18/h1-13,15,17H,14,16H2,(H,29,30)(H,26,27,28). The lowest BCUT2D eigenvalue weighted by molar-refractivity contribution is -0.136.